The van der Waals surface area contributed by atoms with Gasteiger partial charge in [0.1, 0.15) is 0 Å². The van der Waals surface area contributed by atoms with Crippen molar-refractivity contribution in [1.29, 1.82) is 0 Å². The number of rotatable bonds is 6. The van der Waals surface area contributed by atoms with E-state index in [-0.39, 0.29) is 11.8 Å². The van der Waals surface area contributed by atoms with Crippen molar-refractivity contribution in [2.24, 2.45) is 0 Å². The highest BCUT2D eigenvalue weighted by atomic mass is 16.2. The number of hydrogen-bond acceptors (Lipinski definition) is 3. The minimum atomic E-state index is -0.200. The normalized spacial score (nSPS) is 13.2. The third-order valence-electron chi connectivity index (χ3n) is 5.10. The molecule has 148 valence electrons. The summed E-state index contributed by atoms with van der Waals surface area (Å²) in [6.45, 7) is 4.36. The maximum absolute atomic E-state index is 12.9. The summed E-state index contributed by atoms with van der Waals surface area (Å²) in [5.41, 5.74) is 4.47. The molecule has 0 saturated heterocycles. The number of nitrogens with one attached hydrogen (secondary N) is 2. The molecule has 1 saturated carbocycles. The standard InChI is InChI=1S/C23H24N4O2/c1-15-21(16(2)27(26-15)14-17-6-4-3-5-7-17)23(29)25-19-10-8-18(9-11-19)22(28)24-20-12-13-20/h3-11,20H,12-14H2,1-2H3,(H,24,28)(H,25,29). The number of carbonyl (C=O) groups excluding carboxylic acids is 2. The smallest absolute Gasteiger partial charge is 0.259 e. The van der Waals surface area contributed by atoms with Gasteiger partial charge in [-0.25, -0.2) is 0 Å². The molecule has 6 nitrogen and oxygen atoms in total. The molecule has 0 spiro atoms. The molecule has 1 heterocycles. The predicted molar refractivity (Wildman–Crippen MR) is 112 cm³/mol. The number of carbonyl (C=O) groups is 2. The molecule has 6 heteroatoms. The van der Waals surface area contributed by atoms with Crippen LogP contribution in [0.1, 0.15) is 50.5 Å². The van der Waals surface area contributed by atoms with Crippen LogP contribution in [0.25, 0.3) is 0 Å². The first kappa shape index (κ1) is 18.9. The van der Waals surface area contributed by atoms with Gasteiger partial charge in [0.05, 0.1) is 17.8 Å². The Balaban J connectivity index is 1.46. The Morgan fingerprint density at radius 2 is 1.69 bits per heavy atom. The third-order valence-corrected chi connectivity index (χ3v) is 5.10. The monoisotopic (exact) mass is 388 g/mol. The molecule has 2 amide bonds. The molecule has 0 unspecified atom stereocenters. The van der Waals surface area contributed by atoms with E-state index in [0.29, 0.717) is 35.1 Å². The summed E-state index contributed by atoms with van der Waals surface area (Å²) in [7, 11) is 0. The van der Waals surface area contributed by atoms with Crippen LogP contribution >= 0.6 is 0 Å². The predicted octanol–water partition coefficient (Wildman–Crippen LogP) is 3.69. The van der Waals surface area contributed by atoms with E-state index < -0.39 is 0 Å². The summed E-state index contributed by atoms with van der Waals surface area (Å²) in [6, 6.07) is 17.3. The summed E-state index contributed by atoms with van der Waals surface area (Å²) in [5, 5.41) is 10.4. The van der Waals surface area contributed by atoms with E-state index in [0.717, 1.165) is 24.1 Å². The molecule has 0 atom stereocenters. The van der Waals surface area contributed by atoms with Crippen molar-refractivity contribution in [2.45, 2.75) is 39.3 Å². The molecule has 29 heavy (non-hydrogen) atoms. The Kier molecular flexibility index (Phi) is 5.16. The van der Waals surface area contributed by atoms with Crippen LogP contribution in [0.15, 0.2) is 54.6 Å². The molecule has 1 aromatic heterocycles. The van der Waals surface area contributed by atoms with Crippen molar-refractivity contribution in [3.8, 4) is 0 Å². The third kappa shape index (κ3) is 4.37. The summed E-state index contributed by atoms with van der Waals surface area (Å²) in [4.78, 5) is 24.9. The number of nitrogens with zero attached hydrogens (tertiary/aromatic N) is 2. The Morgan fingerprint density at radius 3 is 2.34 bits per heavy atom. The fourth-order valence-electron chi connectivity index (χ4n) is 3.33. The van der Waals surface area contributed by atoms with E-state index in [9.17, 15) is 9.59 Å². The molecular formula is C23H24N4O2. The number of amides is 2. The number of aromatic nitrogens is 2. The van der Waals surface area contributed by atoms with Crippen molar-refractivity contribution in [1.82, 2.24) is 15.1 Å². The maximum atomic E-state index is 12.9. The Hall–Kier alpha value is -3.41. The van der Waals surface area contributed by atoms with Crippen LogP contribution in [0.3, 0.4) is 0 Å². The van der Waals surface area contributed by atoms with Crippen LogP contribution < -0.4 is 10.6 Å². The van der Waals surface area contributed by atoms with Crippen LogP contribution in [0.2, 0.25) is 0 Å². The minimum absolute atomic E-state index is 0.0701. The lowest BCUT2D eigenvalue weighted by atomic mass is 10.1. The van der Waals surface area contributed by atoms with E-state index in [1.54, 1.807) is 24.3 Å². The van der Waals surface area contributed by atoms with E-state index in [2.05, 4.69) is 15.7 Å². The van der Waals surface area contributed by atoms with E-state index in [4.69, 9.17) is 0 Å². The van der Waals surface area contributed by atoms with Crippen molar-refractivity contribution in [2.75, 3.05) is 5.32 Å². The average molecular weight is 388 g/mol. The first-order chi connectivity index (χ1) is 14.0. The first-order valence-electron chi connectivity index (χ1n) is 9.81. The quantitative estimate of drug-likeness (QED) is 0.676. The second-order valence-electron chi connectivity index (χ2n) is 7.47. The number of benzene rings is 2. The Morgan fingerprint density at radius 1 is 1.00 bits per heavy atom. The van der Waals surface area contributed by atoms with Crippen molar-refractivity contribution in [3.05, 3.63) is 82.7 Å². The first-order valence-corrected chi connectivity index (χ1v) is 9.81. The van der Waals surface area contributed by atoms with Gasteiger partial charge in [0.15, 0.2) is 0 Å². The highest BCUT2D eigenvalue weighted by Gasteiger charge is 2.24. The zero-order valence-corrected chi connectivity index (χ0v) is 16.6. The van der Waals surface area contributed by atoms with Gasteiger partial charge < -0.3 is 10.6 Å². The lowest BCUT2D eigenvalue weighted by Gasteiger charge is -2.08. The zero-order chi connectivity index (χ0) is 20.4. The SMILES string of the molecule is Cc1nn(Cc2ccccc2)c(C)c1C(=O)Nc1ccc(C(=O)NC2CC2)cc1. The minimum Gasteiger partial charge on any atom is -0.349 e. The van der Waals surface area contributed by atoms with Gasteiger partial charge in [-0.05, 0) is 56.5 Å². The van der Waals surface area contributed by atoms with Crippen molar-refractivity contribution >= 4 is 17.5 Å². The van der Waals surface area contributed by atoms with Crippen LogP contribution in [-0.2, 0) is 6.54 Å². The zero-order valence-electron chi connectivity index (χ0n) is 16.6. The molecule has 3 aromatic rings. The highest BCUT2D eigenvalue weighted by Crippen LogP contribution is 2.20. The van der Waals surface area contributed by atoms with Crippen LogP contribution in [0.4, 0.5) is 5.69 Å². The van der Waals surface area contributed by atoms with Gasteiger partial charge in [0.25, 0.3) is 11.8 Å². The average Bonchev–Trinajstić information content (AvgIpc) is 3.48. The highest BCUT2D eigenvalue weighted by molar-refractivity contribution is 6.06. The Labute approximate surface area is 169 Å². The molecule has 0 bridgehead atoms. The van der Waals surface area contributed by atoms with Crippen LogP contribution in [0, 0.1) is 13.8 Å². The van der Waals surface area contributed by atoms with E-state index in [1.165, 1.54) is 0 Å². The molecular weight excluding hydrogens is 364 g/mol. The summed E-state index contributed by atoms with van der Waals surface area (Å²) < 4.78 is 1.85. The van der Waals surface area contributed by atoms with Crippen molar-refractivity contribution in [3.63, 3.8) is 0 Å². The second kappa shape index (κ2) is 7.91. The molecule has 1 aliphatic carbocycles. The number of hydrogen-bond donors (Lipinski definition) is 2. The van der Waals surface area contributed by atoms with E-state index >= 15 is 0 Å². The fraction of sp³-hybridized carbons (Fsp3) is 0.261. The molecule has 0 radical (unpaired) electrons. The van der Waals surface area contributed by atoms with Gasteiger partial charge in [-0.2, -0.15) is 5.10 Å². The lowest BCUT2D eigenvalue weighted by Crippen LogP contribution is -2.25. The fourth-order valence-corrected chi connectivity index (χ4v) is 3.33. The molecule has 2 aromatic carbocycles. The maximum Gasteiger partial charge on any atom is 0.259 e. The summed E-state index contributed by atoms with van der Waals surface area (Å²) >= 11 is 0. The van der Waals surface area contributed by atoms with Gasteiger partial charge in [0, 0.05) is 23.0 Å². The van der Waals surface area contributed by atoms with Gasteiger partial charge in [-0.15, -0.1) is 0 Å². The molecule has 1 aliphatic rings. The summed E-state index contributed by atoms with van der Waals surface area (Å²) in [6.07, 6.45) is 2.10. The molecule has 2 N–H and O–H groups in total. The van der Waals surface area contributed by atoms with Crippen LogP contribution in [-0.4, -0.2) is 27.6 Å². The molecule has 0 aliphatic heterocycles. The van der Waals surface area contributed by atoms with Crippen molar-refractivity contribution < 1.29 is 9.59 Å². The number of anilines is 1. The van der Waals surface area contributed by atoms with Crippen LogP contribution in [0.5, 0.6) is 0 Å². The van der Waals surface area contributed by atoms with Gasteiger partial charge in [-0.1, -0.05) is 30.3 Å². The lowest BCUT2D eigenvalue weighted by molar-refractivity contribution is 0.0950. The summed E-state index contributed by atoms with van der Waals surface area (Å²) in [5.74, 6) is -0.270. The Bertz CT molecular complexity index is 1030. The van der Waals surface area contributed by atoms with E-state index in [1.807, 2.05) is 48.9 Å². The van der Waals surface area contributed by atoms with Gasteiger partial charge >= 0.3 is 0 Å². The van der Waals surface area contributed by atoms with Gasteiger partial charge in [-0.3, -0.25) is 14.3 Å². The topological polar surface area (TPSA) is 76.0 Å². The van der Waals surface area contributed by atoms with Gasteiger partial charge in [0.2, 0.25) is 0 Å². The molecule has 1 fully saturated rings. The largest absolute Gasteiger partial charge is 0.349 e. The molecule has 4 rings (SSSR count). The second-order valence-corrected chi connectivity index (χ2v) is 7.47. The number of aryl methyl sites for hydroxylation is 1.